The fourth-order valence-electron chi connectivity index (χ4n) is 1.86. The number of rotatable bonds is 6. The van der Waals surface area contributed by atoms with Gasteiger partial charge < -0.3 is 9.30 Å². The van der Waals surface area contributed by atoms with Crippen LogP contribution in [0.2, 0.25) is 0 Å². The smallest absolute Gasteiger partial charge is 0.341 e. The van der Waals surface area contributed by atoms with Gasteiger partial charge in [0.2, 0.25) is 0 Å². The average molecular weight is 262 g/mol. The molecular formula is C13H18N4O2. The highest BCUT2D eigenvalue weighted by Crippen LogP contribution is 2.06. The number of nitrogens with zero attached hydrogens (tertiary/aromatic N) is 4. The number of imidazole rings is 1. The maximum Gasteiger partial charge on any atom is 0.341 e. The summed E-state index contributed by atoms with van der Waals surface area (Å²) in [4.78, 5) is 15.7. The molecule has 2 heterocycles. The first-order chi connectivity index (χ1) is 9.24. The molecule has 0 aromatic carbocycles. The monoisotopic (exact) mass is 262 g/mol. The third-order valence-corrected chi connectivity index (χ3v) is 2.73. The lowest BCUT2D eigenvalue weighted by Crippen LogP contribution is -2.07. The molecule has 6 heteroatoms. The van der Waals surface area contributed by atoms with Crippen LogP contribution in [0, 0.1) is 0 Å². The fraction of sp³-hybridized carbons (Fsp3) is 0.462. The van der Waals surface area contributed by atoms with Crippen LogP contribution in [0.4, 0.5) is 0 Å². The van der Waals surface area contributed by atoms with E-state index in [9.17, 15) is 4.79 Å². The molecule has 0 spiro atoms. The molecule has 6 nitrogen and oxygen atoms in total. The zero-order valence-electron chi connectivity index (χ0n) is 11.2. The number of hydrogen-bond acceptors (Lipinski definition) is 4. The van der Waals surface area contributed by atoms with E-state index in [0.717, 1.165) is 18.7 Å². The summed E-state index contributed by atoms with van der Waals surface area (Å²) in [7, 11) is 0. The van der Waals surface area contributed by atoms with Crippen molar-refractivity contribution in [1.29, 1.82) is 0 Å². The molecule has 0 aliphatic carbocycles. The van der Waals surface area contributed by atoms with Gasteiger partial charge in [-0.25, -0.2) is 9.78 Å². The van der Waals surface area contributed by atoms with E-state index in [4.69, 9.17) is 4.74 Å². The quantitative estimate of drug-likeness (QED) is 0.744. The molecule has 0 saturated heterocycles. The molecule has 0 atom stereocenters. The summed E-state index contributed by atoms with van der Waals surface area (Å²) in [6.45, 7) is 5.80. The minimum absolute atomic E-state index is 0.337. The summed E-state index contributed by atoms with van der Waals surface area (Å²) in [5, 5.41) is 4.17. The number of carbonyl (C=O) groups is 1. The molecule has 0 bridgehead atoms. The molecule has 102 valence electrons. The summed E-state index contributed by atoms with van der Waals surface area (Å²) >= 11 is 0. The first-order valence-corrected chi connectivity index (χ1v) is 6.43. The van der Waals surface area contributed by atoms with Gasteiger partial charge in [-0.15, -0.1) is 0 Å². The van der Waals surface area contributed by atoms with Crippen LogP contribution in [0.25, 0.3) is 0 Å². The molecule has 0 aliphatic heterocycles. The van der Waals surface area contributed by atoms with Gasteiger partial charge in [0.15, 0.2) is 0 Å². The minimum atomic E-state index is -0.337. The molecule has 19 heavy (non-hydrogen) atoms. The Hall–Kier alpha value is -2.11. The van der Waals surface area contributed by atoms with E-state index in [2.05, 4.69) is 21.6 Å². The highest BCUT2D eigenvalue weighted by molar-refractivity contribution is 5.88. The molecule has 2 rings (SSSR count). The predicted octanol–water partition coefficient (Wildman–Crippen LogP) is 1.71. The van der Waals surface area contributed by atoms with Gasteiger partial charge in [0.1, 0.15) is 0 Å². The average Bonchev–Trinajstić information content (AvgIpc) is 3.01. The highest BCUT2D eigenvalue weighted by atomic mass is 16.5. The lowest BCUT2D eigenvalue weighted by atomic mass is 10.3. The number of aromatic nitrogens is 4. The van der Waals surface area contributed by atoms with Gasteiger partial charge in [-0.05, 0) is 13.3 Å². The van der Waals surface area contributed by atoms with E-state index in [1.807, 2.05) is 12.5 Å². The highest BCUT2D eigenvalue weighted by Gasteiger charge is 2.10. The van der Waals surface area contributed by atoms with Crippen LogP contribution in [-0.2, 0) is 17.8 Å². The number of ether oxygens (including phenoxy) is 1. The zero-order chi connectivity index (χ0) is 13.7. The molecule has 0 radical (unpaired) electrons. The number of aryl methyl sites for hydroxylation is 1. The van der Waals surface area contributed by atoms with E-state index < -0.39 is 0 Å². The van der Waals surface area contributed by atoms with Crippen molar-refractivity contribution in [2.75, 3.05) is 6.61 Å². The van der Waals surface area contributed by atoms with Crippen molar-refractivity contribution in [2.45, 2.75) is 33.4 Å². The van der Waals surface area contributed by atoms with Gasteiger partial charge in [-0.2, -0.15) is 5.10 Å². The predicted molar refractivity (Wildman–Crippen MR) is 69.8 cm³/mol. The molecule has 0 unspecified atom stereocenters. The van der Waals surface area contributed by atoms with Crippen molar-refractivity contribution < 1.29 is 9.53 Å². The van der Waals surface area contributed by atoms with Crippen LogP contribution in [0.5, 0.6) is 0 Å². The van der Waals surface area contributed by atoms with E-state index in [1.165, 1.54) is 6.20 Å². The Morgan fingerprint density at radius 3 is 2.95 bits per heavy atom. The summed E-state index contributed by atoms with van der Waals surface area (Å²) in [5.41, 5.74) is 1.55. The second kappa shape index (κ2) is 6.17. The Labute approximate surface area is 112 Å². The molecule has 2 aromatic heterocycles. The largest absolute Gasteiger partial charge is 0.462 e. The maximum absolute atomic E-state index is 11.5. The van der Waals surface area contributed by atoms with Crippen molar-refractivity contribution in [1.82, 2.24) is 19.3 Å². The molecule has 0 fully saturated rings. The van der Waals surface area contributed by atoms with Crippen molar-refractivity contribution in [3.63, 3.8) is 0 Å². The van der Waals surface area contributed by atoms with Crippen molar-refractivity contribution in [2.24, 2.45) is 0 Å². The van der Waals surface area contributed by atoms with Crippen LogP contribution < -0.4 is 0 Å². The second-order valence-electron chi connectivity index (χ2n) is 4.23. The minimum Gasteiger partial charge on any atom is -0.462 e. The van der Waals surface area contributed by atoms with Gasteiger partial charge in [0.05, 0.1) is 43.1 Å². The van der Waals surface area contributed by atoms with Gasteiger partial charge in [0.25, 0.3) is 0 Å². The Morgan fingerprint density at radius 1 is 1.37 bits per heavy atom. The van der Waals surface area contributed by atoms with Crippen LogP contribution in [0.1, 0.15) is 36.3 Å². The molecule has 2 aromatic rings. The van der Waals surface area contributed by atoms with Crippen LogP contribution in [0.3, 0.4) is 0 Å². The summed E-state index contributed by atoms with van der Waals surface area (Å²) in [6.07, 6.45) is 7.91. The van der Waals surface area contributed by atoms with Crippen molar-refractivity contribution in [3.8, 4) is 0 Å². The SMILES string of the molecule is CCCn1cncc1Cn1cc(C(=O)OCC)cn1. The van der Waals surface area contributed by atoms with Gasteiger partial charge in [0, 0.05) is 12.7 Å². The normalized spacial score (nSPS) is 10.6. The second-order valence-corrected chi connectivity index (χ2v) is 4.23. The Morgan fingerprint density at radius 2 is 2.21 bits per heavy atom. The van der Waals surface area contributed by atoms with Crippen LogP contribution >= 0.6 is 0 Å². The third-order valence-electron chi connectivity index (χ3n) is 2.73. The topological polar surface area (TPSA) is 61.9 Å². The molecule has 0 aliphatic rings. The summed E-state index contributed by atoms with van der Waals surface area (Å²) < 4.78 is 8.74. The number of hydrogen-bond donors (Lipinski definition) is 0. The van der Waals surface area contributed by atoms with E-state index in [1.54, 1.807) is 17.8 Å². The first-order valence-electron chi connectivity index (χ1n) is 6.43. The lowest BCUT2D eigenvalue weighted by Gasteiger charge is -2.06. The van der Waals surface area contributed by atoms with E-state index in [0.29, 0.717) is 18.7 Å². The molecular weight excluding hydrogens is 244 g/mol. The zero-order valence-corrected chi connectivity index (χ0v) is 11.2. The van der Waals surface area contributed by atoms with E-state index in [-0.39, 0.29) is 5.97 Å². The van der Waals surface area contributed by atoms with Crippen molar-refractivity contribution >= 4 is 5.97 Å². The maximum atomic E-state index is 11.5. The third kappa shape index (κ3) is 3.21. The van der Waals surface area contributed by atoms with Crippen LogP contribution in [0.15, 0.2) is 24.9 Å². The fourth-order valence-corrected chi connectivity index (χ4v) is 1.86. The Bertz CT molecular complexity index is 544. The Balaban J connectivity index is 2.07. The lowest BCUT2D eigenvalue weighted by molar-refractivity contribution is 0.0526. The number of esters is 1. The molecule has 0 N–H and O–H groups in total. The molecule has 0 saturated carbocycles. The summed E-state index contributed by atoms with van der Waals surface area (Å²) in [5.74, 6) is -0.337. The van der Waals surface area contributed by atoms with Gasteiger partial charge in [-0.3, -0.25) is 4.68 Å². The standard InChI is InChI=1S/C13H18N4O2/c1-3-5-16-10-14-7-12(16)9-17-8-11(6-15-17)13(18)19-4-2/h6-8,10H,3-5,9H2,1-2H3. The Kier molecular flexibility index (Phi) is 4.33. The van der Waals surface area contributed by atoms with Gasteiger partial charge in [-0.1, -0.05) is 6.92 Å². The van der Waals surface area contributed by atoms with Crippen LogP contribution in [-0.4, -0.2) is 31.9 Å². The summed E-state index contributed by atoms with van der Waals surface area (Å²) in [6, 6.07) is 0. The van der Waals surface area contributed by atoms with Gasteiger partial charge >= 0.3 is 5.97 Å². The first kappa shape index (κ1) is 13.3. The van der Waals surface area contributed by atoms with E-state index >= 15 is 0 Å². The number of carbonyl (C=O) groups excluding carboxylic acids is 1. The van der Waals surface area contributed by atoms with Crippen molar-refractivity contribution in [3.05, 3.63) is 36.2 Å². The molecule has 0 amide bonds.